The summed E-state index contributed by atoms with van der Waals surface area (Å²) in [6, 6.07) is 5.12. The molecule has 9 heteroatoms. The summed E-state index contributed by atoms with van der Waals surface area (Å²) in [5, 5.41) is 0. The fourth-order valence-corrected chi connectivity index (χ4v) is 4.83. The van der Waals surface area contributed by atoms with Gasteiger partial charge < -0.3 is 9.64 Å². The van der Waals surface area contributed by atoms with E-state index < -0.39 is 40.4 Å². The number of hydrogen-bond donors (Lipinski definition) is 0. The van der Waals surface area contributed by atoms with Crippen molar-refractivity contribution in [2.24, 2.45) is 0 Å². The number of likely N-dealkylation sites (tertiary alicyclic amines) is 1. The van der Waals surface area contributed by atoms with Crippen LogP contribution >= 0.6 is 0 Å². The number of esters is 1. The molecular weight excluding hydrogens is 360 g/mol. The number of amides is 2. The minimum atomic E-state index is -4.06. The summed E-state index contributed by atoms with van der Waals surface area (Å²) in [6.45, 7) is 1.59. The summed E-state index contributed by atoms with van der Waals surface area (Å²) in [7, 11) is -4.06. The van der Waals surface area contributed by atoms with Gasteiger partial charge in [-0.3, -0.25) is 9.59 Å². The number of nitrogens with zero attached hydrogens (tertiary/aromatic N) is 2. The Morgan fingerprint density at radius 3 is 2.65 bits per heavy atom. The predicted octanol–water partition coefficient (Wildman–Crippen LogP) is 0.775. The summed E-state index contributed by atoms with van der Waals surface area (Å²) >= 11 is 0. The van der Waals surface area contributed by atoms with Crippen LogP contribution in [0.2, 0.25) is 0 Å². The third-order valence-corrected chi connectivity index (χ3v) is 6.36. The van der Waals surface area contributed by atoms with Gasteiger partial charge in [0.15, 0.2) is 0 Å². The molecule has 0 aliphatic carbocycles. The quantitative estimate of drug-likeness (QED) is 0.716. The van der Waals surface area contributed by atoms with E-state index in [2.05, 4.69) is 0 Å². The second-order valence-corrected chi connectivity index (χ2v) is 7.99. The zero-order valence-electron chi connectivity index (χ0n) is 14.4. The second kappa shape index (κ2) is 7.06. The van der Waals surface area contributed by atoms with Crippen molar-refractivity contribution < 1.29 is 27.5 Å². The van der Waals surface area contributed by atoms with Crippen molar-refractivity contribution >= 4 is 27.8 Å². The Morgan fingerprint density at radius 2 is 1.96 bits per heavy atom. The molecule has 0 aromatic heterocycles. The molecule has 0 radical (unpaired) electrons. The lowest BCUT2D eigenvalue weighted by Crippen LogP contribution is -2.52. The molecule has 0 N–H and O–H groups in total. The van der Waals surface area contributed by atoms with E-state index in [1.54, 1.807) is 13.0 Å². The minimum Gasteiger partial charge on any atom is -0.464 e. The lowest BCUT2D eigenvalue weighted by atomic mass is 10.0. The number of carbonyl (C=O) groups is 3. The minimum absolute atomic E-state index is 0.0564. The van der Waals surface area contributed by atoms with Crippen molar-refractivity contribution in [3.05, 3.63) is 29.8 Å². The summed E-state index contributed by atoms with van der Waals surface area (Å²) in [6.07, 6.45) is 1.95. The molecule has 1 aromatic rings. The smallest absolute Gasteiger partial charge is 0.328 e. The molecule has 8 nitrogen and oxygen atoms in total. The van der Waals surface area contributed by atoms with Crippen molar-refractivity contribution in [2.75, 3.05) is 19.7 Å². The number of sulfonamides is 1. The predicted molar refractivity (Wildman–Crippen MR) is 90.6 cm³/mol. The second-order valence-electron chi connectivity index (χ2n) is 6.16. The molecule has 2 aliphatic rings. The fraction of sp³-hybridized carbons (Fsp3) is 0.471. The highest BCUT2D eigenvalue weighted by atomic mass is 32.2. The number of benzene rings is 1. The van der Waals surface area contributed by atoms with Crippen LogP contribution in [0.25, 0.3) is 0 Å². The number of fused-ring (bicyclic) bond motifs is 1. The Kier molecular flexibility index (Phi) is 4.99. The third-order valence-electron chi connectivity index (χ3n) is 4.57. The zero-order chi connectivity index (χ0) is 18.9. The molecule has 0 bridgehead atoms. The van der Waals surface area contributed by atoms with Crippen LogP contribution in [-0.2, 0) is 24.3 Å². The van der Waals surface area contributed by atoms with Crippen LogP contribution in [0.5, 0.6) is 0 Å². The van der Waals surface area contributed by atoms with Gasteiger partial charge in [-0.05, 0) is 38.3 Å². The number of rotatable bonds is 4. The summed E-state index contributed by atoms with van der Waals surface area (Å²) in [5.41, 5.74) is 0.0564. The highest BCUT2D eigenvalue weighted by molar-refractivity contribution is 7.90. The molecule has 1 aromatic carbocycles. The molecule has 0 saturated carbocycles. The van der Waals surface area contributed by atoms with Gasteiger partial charge in [0.1, 0.15) is 17.5 Å². The first-order valence-electron chi connectivity index (χ1n) is 8.50. The number of carbonyl (C=O) groups excluding carboxylic acids is 3. The van der Waals surface area contributed by atoms with E-state index in [9.17, 15) is 22.8 Å². The maximum Gasteiger partial charge on any atom is 0.328 e. The molecule has 0 unspecified atom stereocenters. The normalized spacial score (nSPS) is 21.4. The van der Waals surface area contributed by atoms with Gasteiger partial charge in [0.25, 0.3) is 15.9 Å². The van der Waals surface area contributed by atoms with Crippen LogP contribution in [-0.4, -0.2) is 61.1 Å². The van der Waals surface area contributed by atoms with Crippen LogP contribution in [0.1, 0.15) is 36.5 Å². The van der Waals surface area contributed by atoms with Gasteiger partial charge in [-0.15, -0.1) is 0 Å². The van der Waals surface area contributed by atoms with Crippen molar-refractivity contribution in [2.45, 2.75) is 37.1 Å². The van der Waals surface area contributed by atoms with Crippen molar-refractivity contribution in [3.63, 3.8) is 0 Å². The topological polar surface area (TPSA) is 101 Å². The van der Waals surface area contributed by atoms with Gasteiger partial charge in [-0.1, -0.05) is 12.1 Å². The van der Waals surface area contributed by atoms with Crippen LogP contribution in [0.4, 0.5) is 0 Å². The van der Waals surface area contributed by atoms with E-state index in [1.807, 2.05) is 0 Å². The Morgan fingerprint density at radius 1 is 1.23 bits per heavy atom. The highest BCUT2D eigenvalue weighted by Gasteiger charge is 2.43. The van der Waals surface area contributed by atoms with E-state index in [-0.39, 0.29) is 17.1 Å². The van der Waals surface area contributed by atoms with Crippen LogP contribution < -0.4 is 0 Å². The first-order valence-corrected chi connectivity index (χ1v) is 9.94. The maximum atomic E-state index is 12.7. The maximum absolute atomic E-state index is 12.7. The average Bonchev–Trinajstić information content (AvgIpc) is 2.83. The summed E-state index contributed by atoms with van der Waals surface area (Å²) < 4.78 is 30.7. The monoisotopic (exact) mass is 380 g/mol. The van der Waals surface area contributed by atoms with Gasteiger partial charge in [0.05, 0.1) is 12.2 Å². The molecule has 1 atom stereocenters. The van der Waals surface area contributed by atoms with E-state index in [0.717, 1.165) is 6.42 Å². The van der Waals surface area contributed by atoms with E-state index in [0.29, 0.717) is 23.7 Å². The number of piperidine rings is 1. The van der Waals surface area contributed by atoms with Crippen molar-refractivity contribution in [3.8, 4) is 0 Å². The Labute approximate surface area is 151 Å². The van der Waals surface area contributed by atoms with Crippen molar-refractivity contribution in [1.29, 1.82) is 0 Å². The molecule has 2 aliphatic heterocycles. The van der Waals surface area contributed by atoms with E-state index >= 15 is 0 Å². The first kappa shape index (κ1) is 18.4. The zero-order valence-corrected chi connectivity index (χ0v) is 15.2. The first-order chi connectivity index (χ1) is 12.4. The van der Waals surface area contributed by atoms with E-state index in [1.165, 1.54) is 23.1 Å². The van der Waals surface area contributed by atoms with Gasteiger partial charge in [0, 0.05) is 6.54 Å². The molecule has 2 heterocycles. The van der Waals surface area contributed by atoms with Gasteiger partial charge >= 0.3 is 5.97 Å². The highest BCUT2D eigenvalue weighted by Crippen LogP contribution is 2.30. The number of hydrogen-bond acceptors (Lipinski definition) is 6. The lowest BCUT2D eigenvalue weighted by molar-refractivity contribution is -0.156. The molecule has 1 saturated heterocycles. The molecule has 26 heavy (non-hydrogen) atoms. The molecule has 3 rings (SSSR count). The molecule has 0 spiro atoms. The Bertz CT molecular complexity index is 851. The summed E-state index contributed by atoms with van der Waals surface area (Å²) in [4.78, 5) is 38.5. The third kappa shape index (κ3) is 3.07. The molecule has 2 amide bonds. The van der Waals surface area contributed by atoms with Crippen LogP contribution in [0.15, 0.2) is 29.2 Å². The summed E-state index contributed by atoms with van der Waals surface area (Å²) in [5.74, 6) is -1.80. The lowest BCUT2D eigenvalue weighted by Gasteiger charge is -2.34. The SMILES string of the molecule is CCOC(=O)[C@H]1CCCCN1C(=O)CN1C(=O)c2ccccc2S1(=O)=O. The largest absolute Gasteiger partial charge is 0.464 e. The molecular formula is C17H20N2O6S. The van der Waals surface area contributed by atoms with Crippen LogP contribution in [0, 0.1) is 0 Å². The Hall–Kier alpha value is -2.42. The Balaban J connectivity index is 1.81. The fourth-order valence-electron chi connectivity index (χ4n) is 3.31. The van der Waals surface area contributed by atoms with E-state index in [4.69, 9.17) is 4.74 Å². The van der Waals surface area contributed by atoms with Gasteiger partial charge in [-0.2, -0.15) is 0 Å². The average molecular weight is 380 g/mol. The molecule has 140 valence electrons. The standard InChI is InChI=1S/C17H20N2O6S/c1-2-25-17(22)13-8-5-6-10-18(13)15(20)11-19-16(21)12-7-3-4-9-14(12)26(19,23)24/h3-4,7,9,13H,2,5-6,8,10-11H2,1H3/t13-/m1/s1. The van der Waals surface area contributed by atoms with Crippen LogP contribution in [0.3, 0.4) is 0 Å². The van der Waals surface area contributed by atoms with Gasteiger partial charge in [-0.25, -0.2) is 17.5 Å². The van der Waals surface area contributed by atoms with Crippen molar-refractivity contribution in [1.82, 2.24) is 9.21 Å². The molecule has 1 fully saturated rings. The number of ether oxygens (including phenoxy) is 1. The van der Waals surface area contributed by atoms with Gasteiger partial charge in [0.2, 0.25) is 5.91 Å².